The fourth-order valence-corrected chi connectivity index (χ4v) is 2.51. The van der Waals surface area contributed by atoms with Gasteiger partial charge in [0.05, 0.1) is 12.8 Å². The Balaban J connectivity index is 2.15. The van der Waals surface area contributed by atoms with Gasteiger partial charge in [0.2, 0.25) is 0 Å². The van der Waals surface area contributed by atoms with Crippen LogP contribution in [0.3, 0.4) is 0 Å². The van der Waals surface area contributed by atoms with E-state index in [-0.39, 0.29) is 5.41 Å². The van der Waals surface area contributed by atoms with E-state index in [1.165, 1.54) is 5.57 Å². The summed E-state index contributed by atoms with van der Waals surface area (Å²) in [4.78, 5) is 0. The van der Waals surface area contributed by atoms with E-state index in [4.69, 9.17) is 9.94 Å². The first-order valence-corrected chi connectivity index (χ1v) is 6.76. The third-order valence-electron chi connectivity index (χ3n) is 3.43. The van der Waals surface area contributed by atoms with Crippen LogP contribution in [0.4, 0.5) is 0 Å². The number of allylic oxidation sites excluding steroid dienone is 3. The molecule has 0 radical (unpaired) electrons. The Morgan fingerprint density at radius 1 is 1.15 bits per heavy atom. The highest BCUT2D eigenvalue weighted by atomic mass is 16.5. The molecule has 0 fully saturated rings. The Labute approximate surface area is 120 Å². The van der Waals surface area contributed by atoms with E-state index in [2.05, 4.69) is 31.2 Å². The van der Waals surface area contributed by atoms with Crippen LogP contribution in [-0.4, -0.2) is 18.0 Å². The molecule has 0 heterocycles. The predicted octanol–water partition coefficient (Wildman–Crippen LogP) is 4.29. The molecule has 1 aromatic carbocycles. The average molecular weight is 271 g/mol. The summed E-state index contributed by atoms with van der Waals surface area (Å²) in [7, 11) is 1.66. The SMILES string of the molecule is COc1ccc(C=CC2=CC(=NO)CC(C)(C)C2)cc1. The number of methoxy groups -OCH3 is 1. The van der Waals surface area contributed by atoms with Crippen molar-refractivity contribution >= 4 is 11.8 Å². The van der Waals surface area contributed by atoms with Gasteiger partial charge in [-0.2, -0.15) is 0 Å². The summed E-state index contributed by atoms with van der Waals surface area (Å²) in [6.45, 7) is 4.37. The van der Waals surface area contributed by atoms with Crippen molar-refractivity contribution < 1.29 is 9.94 Å². The van der Waals surface area contributed by atoms with E-state index < -0.39 is 0 Å². The fourth-order valence-electron chi connectivity index (χ4n) is 2.51. The molecule has 1 N–H and O–H groups in total. The molecule has 0 bridgehead atoms. The van der Waals surface area contributed by atoms with Crippen molar-refractivity contribution in [2.24, 2.45) is 10.6 Å². The van der Waals surface area contributed by atoms with Crippen molar-refractivity contribution in [3.05, 3.63) is 47.6 Å². The van der Waals surface area contributed by atoms with E-state index in [0.29, 0.717) is 0 Å². The van der Waals surface area contributed by atoms with Crippen LogP contribution in [-0.2, 0) is 0 Å². The van der Waals surface area contributed by atoms with Crippen LogP contribution in [0.2, 0.25) is 0 Å². The first-order valence-electron chi connectivity index (χ1n) is 6.76. The summed E-state index contributed by atoms with van der Waals surface area (Å²) < 4.78 is 5.14. The molecule has 3 nitrogen and oxygen atoms in total. The first-order chi connectivity index (χ1) is 9.52. The number of oxime groups is 1. The molecule has 106 valence electrons. The van der Waals surface area contributed by atoms with Crippen LogP contribution in [0.25, 0.3) is 6.08 Å². The second-order valence-corrected chi connectivity index (χ2v) is 5.93. The zero-order valence-corrected chi connectivity index (χ0v) is 12.3. The van der Waals surface area contributed by atoms with Crippen molar-refractivity contribution in [1.29, 1.82) is 0 Å². The minimum atomic E-state index is 0.135. The van der Waals surface area contributed by atoms with E-state index in [1.807, 2.05) is 30.3 Å². The maximum Gasteiger partial charge on any atom is 0.118 e. The lowest BCUT2D eigenvalue weighted by molar-refractivity contribution is 0.308. The van der Waals surface area contributed by atoms with Crippen molar-refractivity contribution in [2.45, 2.75) is 26.7 Å². The van der Waals surface area contributed by atoms with Gasteiger partial charge >= 0.3 is 0 Å². The third-order valence-corrected chi connectivity index (χ3v) is 3.43. The highest BCUT2D eigenvalue weighted by molar-refractivity contribution is 5.97. The topological polar surface area (TPSA) is 41.8 Å². The monoisotopic (exact) mass is 271 g/mol. The van der Waals surface area contributed by atoms with Gasteiger partial charge in [0.15, 0.2) is 0 Å². The van der Waals surface area contributed by atoms with Crippen LogP contribution in [0.5, 0.6) is 5.75 Å². The summed E-state index contributed by atoms with van der Waals surface area (Å²) >= 11 is 0. The lowest BCUT2D eigenvalue weighted by Crippen LogP contribution is -2.21. The molecule has 20 heavy (non-hydrogen) atoms. The molecular weight excluding hydrogens is 250 g/mol. The lowest BCUT2D eigenvalue weighted by Gasteiger charge is -2.28. The molecular formula is C17H21NO2. The summed E-state index contributed by atoms with van der Waals surface area (Å²) in [5.41, 5.74) is 3.19. The number of hydrogen-bond acceptors (Lipinski definition) is 3. The quantitative estimate of drug-likeness (QED) is 0.658. The maximum atomic E-state index is 8.99. The smallest absolute Gasteiger partial charge is 0.118 e. The van der Waals surface area contributed by atoms with Crippen LogP contribution >= 0.6 is 0 Å². The lowest BCUT2D eigenvalue weighted by atomic mass is 9.76. The van der Waals surface area contributed by atoms with Crippen LogP contribution < -0.4 is 4.74 Å². The van der Waals surface area contributed by atoms with Gasteiger partial charge in [-0.05, 0) is 47.6 Å². The summed E-state index contributed by atoms with van der Waals surface area (Å²) in [5.74, 6) is 0.856. The number of nitrogens with zero attached hydrogens (tertiary/aromatic N) is 1. The molecule has 0 atom stereocenters. The first kappa shape index (κ1) is 14.4. The molecule has 0 aliphatic heterocycles. The van der Waals surface area contributed by atoms with Gasteiger partial charge in [0.25, 0.3) is 0 Å². The Morgan fingerprint density at radius 3 is 2.45 bits per heavy atom. The molecule has 3 heteroatoms. The van der Waals surface area contributed by atoms with Gasteiger partial charge in [-0.15, -0.1) is 0 Å². The fraction of sp³-hybridized carbons (Fsp3) is 0.353. The van der Waals surface area contributed by atoms with Gasteiger partial charge in [-0.1, -0.05) is 43.3 Å². The van der Waals surface area contributed by atoms with E-state index in [1.54, 1.807) is 7.11 Å². The van der Waals surface area contributed by atoms with E-state index in [0.717, 1.165) is 29.9 Å². The van der Waals surface area contributed by atoms with Gasteiger partial charge in [-0.25, -0.2) is 0 Å². The number of hydrogen-bond donors (Lipinski definition) is 1. The van der Waals surface area contributed by atoms with Crippen molar-refractivity contribution in [1.82, 2.24) is 0 Å². The molecule has 0 saturated heterocycles. The summed E-state index contributed by atoms with van der Waals surface area (Å²) in [6.07, 6.45) is 7.92. The molecule has 1 aliphatic rings. The highest BCUT2D eigenvalue weighted by Gasteiger charge is 2.25. The van der Waals surface area contributed by atoms with Crippen molar-refractivity contribution in [3.8, 4) is 5.75 Å². The van der Waals surface area contributed by atoms with E-state index >= 15 is 0 Å². The van der Waals surface area contributed by atoms with Crippen LogP contribution in [0, 0.1) is 5.41 Å². The second-order valence-electron chi connectivity index (χ2n) is 5.93. The standard InChI is InChI=1S/C17H21NO2/c1-17(2)11-14(10-15(12-17)18-19)5-4-13-6-8-16(20-3)9-7-13/h4-10,19H,11-12H2,1-3H3. The normalized spacial score (nSPS) is 20.1. The van der Waals surface area contributed by atoms with Gasteiger partial charge < -0.3 is 9.94 Å². The number of benzene rings is 1. The van der Waals surface area contributed by atoms with E-state index in [9.17, 15) is 0 Å². The second kappa shape index (κ2) is 5.95. The van der Waals surface area contributed by atoms with Gasteiger partial charge in [0, 0.05) is 0 Å². The predicted molar refractivity (Wildman–Crippen MR) is 82.3 cm³/mol. The Bertz CT molecular complexity index is 551. The van der Waals surface area contributed by atoms with Gasteiger partial charge in [-0.3, -0.25) is 0 Å². The van der Waals surface area contributed by atoms with Crippen molar-refractivity contribution in [3.63, 3.8) is 0 Å². The largest absolute Gasteiger partial charge is 0.497 e. The van der Waals surface area contributed by atoms with Gasteiger partial charge in [0.1, 0.15) is 5.75 Å². The molecule has 1 aromatic rings. The Morgan fingerprint density at radius 2 is 1.85 bits per heavy atom. The van der Waals surface area contributed by atoms with Crippen LogP contribution in [0.15, 0.2) is 47.1 Å². The zero-order valence-electron chi connectivity index (χ0n) is 12.3. The third kappa shape index (κ3) is 3.73. The molecule has 1 aliphatic carbocycles. The molecule has 0 spiro atoms. The van der Waals surface area contributed by atoms with Crippen LogP contribution in [0.1, 0.15) is 32.3 Å². The maximum absolute atomic E-state index is 8.99. The zero-order chi connectivity index (χ0) is 14.6. The molecule has 0 aromatic heterocycles. The number of ether oxygens (including phenoxy) is 1. The van der Waals surface area contributed by atoms with Crippen molar-refractivity contribution in [2.75, 3.05) is 7.11 Å². The Hall–Kier alpha value is -2.03. The summed E-state index contributed by atoms with van der Waals surface area (Å²) in [6, 6.07) is 7.93. The molecule has 0 unspecified atom stereocenters. The highest BCUT2D eigenvalue weighted by Crippen LogP contribution is 2.34. The average Bonchev–Trinajstić information content (AvgIpc) is 2.44. The minimum Gasteiger partial charge on any atom is -0.497 e. The molecule has 0 saturated carbocycles. The minimum absolute atomic E-state index is 0.135. The summed E-state index contributed by atoms with van der Waals surface area (Å²) in [5, 5.41) is 12.4. The Kier molecular flexibility index (Phi) is 4.28. The molecule has 0 amide bonds. The molecule has 2 rings (SSSR count). The number of rotatable bonds is 3.